The van der Waals surface area contributed by atoms with Gasteiger partial charge in [0, 0.05) is 6.08 Å². The maximum atomic E-state index is 12.2. The van der Waals surface area contributed by atoms with Crippen molar-refractivity contribution in [1.82, 2.24) is 5.43 Å². The van der Waals surface area contributed by atoms with E-state index in [1.165, 1.54) is 12.3 Å². The molecule has 0 fully saturated rings. The molecule has 0 aromatic heterocycles. The van der Waals surface area contributed by atoms with E-state index in [9.17, 15) is 9.59 Å². The van der Waals surface area contributed by atoms with Gasteiger partial charge in [-0.05, 0) is 47.9 Å². The first kappa shape index (κ1) is 22.5. The molecule has 1 amide bonds. The van der Waals surface area contributed by atoms with E-state index >= 15 is 0 Å². The van der Waals surface area contributed by atoms with E-state index in [2.05, 4.69) is 10.5 Å². The average molecular weight is 428 g/mol. The van der Waals surface area contributed by atoms with E-state index in [4.69, 9.17) is 9.47 Å². The summed E-state index contributed by atoms with van der Waals surface area (Å²) in [5.41, 5.74) is 5.00. The van der Waals surface area contributed by atoms with E-state index in [0.717, 1.165) is 11.1 Å². The zero-order valence-electron chi connectivity index (χ0n) is 17.7. The Morgan fingerprint density at radius 1 is 0.906 bits per heavy atom. The topological polar surface area (TPSA) is 77.0 Å². The summed E-state index contributed by atoms with van der Waals surface area (Å²) in [6.45, 7) is 2.24. The van der Waals surface area contributed by atoms with Gasteiger partial charge in [-0.3, -0.25) is 4.79 Å². The number of hydrogen-bond acceptors (Lipinski definition) is 5. The van der Waals surface area contributed by atoms with Gasteiger partial charge < -0.3 is 9.47 Å². The number of hydrogen-bond donors (Lipinski definition) is 1. The van der Waals surface area contributed by atoms with Crippen LogP contribution < -0.4 is 14.9 Å². The van der Waals surface area contributed by atoms with E-state index < -0.39 is 5.97 Å². The molecule has 0 aliphatic heterocycles. The molecule has 0 radical (unpaired) electrons. The Bertz CT molecular complexity index is 1090. The Morgan fingerprint density at radius 2 is 1.62 bits per heavy atom. The number of amides is 1. The zero-order valence-corrected chi connectivity index (χ0v) is 17.7. The highest BCUT2D eigenvalue weighted by Crippen LogP contribution is 2.28. The summed E-state index contributed by atoms with van der Waals surface area (Å²) >= 11 is 0. The first-order chi connectivity index (χ1) is 15.6. The van der Waals surface area contributed by atoms with Crippen LogP contribution in [0.3, 0.4) is 0 Å². The van der Waals surface area contributed by atoms with Crippen molar-refractivity contribution in [3.63, 3.8) is 0 Å². The van der Waals surface area contributed by atoms with Crippen molar-refractivity contribution < 1.29 is 19.1 Å². The summed E-state index contributed by atoms with van der Waals surface area (Å²) in [4.78, 5) is 24.2. The molecular formula is C26H24N2O4. The molecule has 0 aliphatic rings. The number of nitrogens with zero attached hydrogens (tertiary/aromatic N) is 1. The summed E-state index contributed by atoms with van der Waals surface area (Å²) in [6.07, 6.45) is 4.80. The van der Waals surface area contributed by atoms with Crippen LogP contribution in [0.2, 0.25) is 0 Å². The minimum absolute atomic E-state index is 0.215. The number of benzene rings is 3. The largest absolute Gasteiger partial charge is 0.490 e. The molecule has 0 atom stereocenters. The lowest BCUT2D eigenvalue weighted by Gasteiger charge is -2.10. The Hall–Kier alpha value is -4.19. The molecule has 0 unspecified atom stereocenters. The molecular weight excluding hydrogens is 404 g/mol. The van der Waals surface area contributed by atoms with Crippen molar-refractivity contribution in [2.24, 2.45) is 5.10 Å². The third kappa shape index (κ3) is 7.25. The lowest BCUT2D eigenvalue weighted by Crippen LogP contribution is -2.19. The standard InChI is InChI=1S/C26H24N2O4/c1-2-31-24-17-22(19-27-28-25(29)18-21-11-7-4-8-12-21)13-15-23(24)32-26(30)16-14-20-9-5-3-6-10-20/h3-17,19H,2,18H2,1H3,(H,28,29)/b16-14+,27-19+. The molecule has 0 spiro atoms. The first-order valence-electron chi connectivity index (χ1n) is 10.2. The van der Waals surface area contributed by atoms with Crippen LogP contribution >= 0.6 is 0 Å². The van der Waals surface area contributed by atoms with Gasteiger partial charge in [-0.25, -0.2) is 10.2 Å². The number of rotatable bonds is 9. The summed E-state index contributed by atoms with van der Waals surface area (Å²) in [5.74, 6) is -0.00835. The van der Waals surface area contributed by atoms with Gasteiger partial charge in [-0.15, -0.1) is 0 Å². The number of esters is 1. The van der Waals surface area contributed by atoms with Crippen LogP contribution in [0.5, 0.6) is 11.5 Å². The predicted octanol–water partition coefficient (Wildman–Crippen LogP) is 4.40. The molecule has 0 aliphatic carbocycles. The predicted molar refractivity (Wildman–Crippen MR) is 125 cm³/mol. The first-order valence-corrected chi connectivity index (χ1v) is 10.2. The van der Waals surface area contributed by atoms with Gasteiger partial charge >= 0.3 is 5.97 Å². The molecule has 6 nitrogen and oxygen atoms in total. The van der Waals surface area contributed by atoms with Gasteiger partial charge in [-0.1, -0.05) is 60.7 Å². The number of nitrogens with one attached hydrogen (secondary N) is 1. The number of carbonyl (C=O) groups is 2. The zero-order chi connectivity index (χ0) is 22.6. The third-order valence-corrected chi connectivity index (χ3v) is 4.30. The molecule has 1 N–H and O–H groups in total. The van der Waals surface area contributed by atoms with E-state index in [0.29, 0.717) is 23.7 Å². The van der Waals surface area contributed by atoms with Gasteiger partial charge in [0.25, 0.3) is 0 Å². The van der Waals surface area contributed by atoms with Crippen LogP contribution in [0.15, 0.2) is 90.0 Å². The Balaban J connectivity index is 1.60. The van der Waals surface area contributed by atoms with E-state index in [1.54, 1.807) is 24.3 Å². The highest BCUT2D eigenvalue weighted by Gasteiger charge is 2.09. The summed E-state index contributed by atoms with van der Waals surface area (Å²) < 4.78 is 11.0. The Kier molecular flexibility index (Phi) is 8.34. The normalized spacial score (nSPS) is 10.9. The van der Waals surface area contributed by atoms with Crippen molar-refractivity contribution >= 4 is 24.2 Å². The van der Waals surface area contributed by atoms with Gasteiger partial charge in [0.2, 0.25) is 5.91 Å². The number of carbonyl (C=O) groups excluding carboxylic acids is 2. The third-order valence-electron chi connectivity index (χ3n) is 4.30. The Morgan fingerprint density at radius 3 is 2.34 bits per heavy atom. The minimum atomic E-state index is -0.510. The SMILES string of the molecule is CCOc1cc(/C=N/NC(=O)Cc2ccccc2)ccc1OC(=O)/C=C/c1ccccc1. The minimum Gasteiger partial charge on any atom is -0.490 e. The number of hydrazone groups is 1. The molecule has 3 aromatic rings. The van der Waals surface area contributed by atoms with Crippen LogP contribution in [0.4, 0.5) is 0 Å². The van der Waals surface area contributed by atoms with Crippen molar-refractivity contribution in [2.45, 2.75) is 13.3 Å². The van der Waals surface area contributed by atoms with Crippen molar-refractivity contribution in [2.75, 3.05) is 6.61 Å². The van der Waals surface area contributed by atoms with Gasteiger partial charge in [0.15, 0.2) is 11.5 Å². The Labute approximate surface area is 187 Å². The lowest BCUT2D eigenvalue weighted by atomic mass is 10.1. The smallest absolute Gasteiger partial charge is 0.336 e. The second-order valence-corrected chi connectivity index (χ2v) is 6.76. The van der Waals surface area contributed by atoms with Crippen LogP contribution in [-0.4, -0.2) is 24.7 Å². The lowest BCUT2D eigenvalue weighted by molar-refractivity contribution is -0.129. The van der Waals surface area contributed by atoms with Crippen molar-refractivity contribution in [3.05, 3.63) is 102 Å². The van der Waals surface area contributed by atoms with Crippen LogP contribution in [-0.2, 0) is 16.0 Å². The summed E-state index contributed by atoms with van der Waals surface area (Å²) in [6, 6.07) is 23.9. The van der Waals surface area contributed by atoms with Crippen LogP contribution in [0.1, 0.15) is 23.6 Å². The molecule has 3 rings (SSSR count). The molecule has 0 bridgehead atoms. The average Bonchev–Trinajstić information content (AvgIpc) is 2.81. The van der Waals surface area contributed by atoms with Crippen molar-refractivity contribution in [3.8, 4) is 11.5 Å². The molecule has 0 saturated heterocycles. The highest BCUT2D eigenvalue weighted by atomic mass is 16.6. The van der Waals surface area contributed by atoms with Crippen LogP contribution in [0.25, 0.3) is 6.08 Å². The molecule has 3 aromatic carbocycles. The van der Waals surface area contributed by atoms with Gasteiger partial charge in [-0.2, -0.15) is 5.10 Å². The molecule has 0 saturated carbocycles. The molecule has 0 heterocycles. The van der Waals surface area contributed by atoms with Gasteiger partial charge in [0.1, 0.15) is 0 Å². The number of ether oxygens (including phenoxy) is 2. The fourth-order valence-corrected chi connectivity index (χ4v) is 2.83. The summed E-state index contributed by atoms with van der Waals surface area (Å²) in [7, 11) is 0. The maximum Gasteiger partial charge on any atom is 0.336 e. The molecule has 32 heavy (non-hydrogen) atoms. The summed E-state index contributed by atoms with van der Waals surface area (Å²) in [5, 5.41) is 3.99. The molecule has 162 valence electrons. The van der Waals surface area contributed by atoms with E-state index in [1.807, 2.05) is 67.6 Å². The molecule has 6 heteroatoms. The quantitative estimate of drug-likeness (QED) is 0.180. The monoisotopic (exact) mass is 428 g/mol. The second kappa shape index (κ2) is 11.9. The fraction of sp³-hybridized carbons (Fsp3) is 0.115. The maximum absolute atomic E-state index is 12.2. The van der Waals surface area contributed by atoms with Crippen LogP contribution in [0, 0.1) is 0 Å². The highest BCUT2D eigenvalue weighted by molar-refractivity contribution is 5.89. The van der Waals surface area contributed by atoms with E-state index in [-0.39, 0.29) is 12.3 Å². The second-order valence-electron chi connectivity index (χ2n) is 6.76. The fourth-order valence-electron chi connectivity index (χ4n) is 2.83. The van der Waals surface area contributed by atoms with Gasteiger partial charge in [0.05, 0.1) is 19.2 Å². The van der Waals surface area contributed by atoms with Crippen molar-refractivity contribution in [1.29, 1.82) is 0 Å².